The number of sulfone groups is 2. The molecule has 18 heavy (non-hydrogen) atoms. The quantitative estimate of drug-likeness (QED) is 0.787. The van der Waals surface area contributed by atoms with E-state index in [1.807, 2.05) is 6.07 Å². The summed E-state index contributed by atoms with van der Waals surface area (Å²) in [6.07, 6.45) is 1.00. The molecule has 5 nitrogen and oxygen atoms in total. The molecule has 0 spiro atoms. The summed E-state index contributed by atoms with van der Waals surface area (Å²) in [5.74, 6) is -0.967. The summed E-state index contributed by atoms with van der Waals surface area (Å²) in [5, 5.41) is 8.60. The maximum absolute atomic E-state index is 11.7. The third kappa shape index (κ3) is 5.29. The summed E-state index contributed by atoms with van der Waals surface area (Å²) in [4.78, 5) is 0. The van der Waals surface area contributed by atoms with E-state index in [0.29, 0.717) is 11.1 Å². The lowest BCUT2D eigenvalue weighted by atomic mass is 10.2. The van der Waals surface area contributed by atoms with Gasteiger partial charge in [0.2, 0.25) is 0 Å². The Morgan fingerprint density at radius 3 is 2.06 bits per heavy atom. The lowest BCUT2D eigenvalue weighted by Gasteiger charge is -2.04. The van der Waals surface area contributed by atoms with Crippen LogP contribution in [0.15, 0.2) is 24.3 Å². The van der Waals surface area contributed by atoms with Crippen LogP contribution in [0.3, 0.4) is 0 Å². The van der Waals surface area contributed by atoms with Crippen LogP contribution in [0.1, 0.15) is 11.1 Å². The third-order valence-corrected chi connectivity index (χ3v) is 5.04. The van der Waals surface area contributed by atoms with Crippen LogP contribution in [-0.4, -0.2) is 34.6 Å². The molecule has 0 aliphatic heterocycles. The topological polar surface area (TPSA) is 92.1 Å². The van der Waals surface area contributed by atoms with E-state index < -0.39 is 19.7 Å². The van der Waals surface area contributed by atoms with Crippen molar-refractivity contribution in [3.05, 3.63) is 35.4 Å². The summed E-state index contributed by atoms with van der Waals surface area (Å²) in [5.41, 5.74) is 0.995. The fourth-order valence-electron chi connectivity index (χ4n) is 1.28. The van der Waals surface area contributed by atoms with E-state index in [4.69, 9.17) is 5.26 Å². The second kappa shape index (κ2) is 5.50. The Morgan fingerprint density at radius 1 is 1.06 bits per heavy atom. The minimum Gasteiger partial charge on any atom is -0.229 e. The molecular weight excluding hydrogens is 274 g/mol. The molecule has 98 valence electrons. The number of hydrogen-bond donors (Lipinski definition) is 0. The summed E-state index contributed by atoms with van der Waals surface area (Å²) < 4.78 is 45.2. The summed E-state index contributed by atoms with van der Waals surface area (Å²) in [6, 6.07) is 8.10. The minimum absolute atomic E-state index is 0.214. The molecule has 0 saturated carbocycles. The van der Waals surface area contributed by atoms with Crippen LogP contribution < -0.4 is 0 Å². The normalized spacial score (nSPS) is 12.0. The van der Waals surface area contributed by atoms with E-state index in [1.54, 1.807) is 12.1 Å². The van der Waals surface area contributed by atoms with Crippen LogP contribution in [0.2, 0.25) is 0 Å². The average molecular weight is 287 g/mol. The number of nitriles is 1. The fourth-order valence-corrected chi connectivity index (χ4v) is 4.35. The fraction of sp³-hybridized carbons (Fsp3) is 0.364. The molecule has 0 unspecified atom stereocenters. The van der Waals surface area contributed by atoms with Gasteiger partial charge in [-0.1, -0.05) is 12.1 Å². The van der Waals surface area contributed by atoms with Gasteiger partial charge in [-0.2, -0.15) is 5.26 Å². The number of benzene rings is 1. The minimum atomic E-state index is -3.45. The lowest BCUT2D eigenvalue weighted by molar-refractivity contribution is 0.589. The molecule has 0 N–H and O–H groups in total. The highest BCUT2D eigenvalue weighted by atomic mass is 32.2. The van der Waals surface area contributed by atoms with E-state index in [2.05, 4.69) is 0 Å². The standard InChI is InChI=1S/C11H13NO4S2/c1-17(13,14)6-7-18(15,16)9-11-4-2-10(8-12)3-5-11/h2-5H,6-7,9H2,1H3. The maximum atomic E-state index is 11.7. The zero-order chi connectivity index (χ0) is 13.8. The van der Waals surface area contributed by atoms with Gasteiger partial charge in [-0.15, -0.1) is 0 Å². The van der Waals surface area contributed by atoms with Gasteiger partial charge < -0.3 is 0 Å². The highest BCUT2D eigenvalue weighted by Gasteiger charge is 2.15. The number of nitrogens with zero attached hydrogens (tertiary/aromatic N) is 1. The van der Waals surface area contributed by atoms with E-state index in [-0.39, 0.29) is 17.3 Å². The van der Waals surface area contributed by atoms with Gasteiger partial charge in [0.1, 0.15) is 9.84 Å². The van der Waals surface area contributed by atoms with Gasteiger partial charge in [-0.3, -0.25) is 0 Å². The van der Waals surface area contributed by atoms with E-state index in [1.165, 1.54) is 12.1 Å². The molecule has 0 amide bonds. The Labute approximate surface area is 107 Å². The van der Waals surface area contributed by atoms with Crippen molar-refractivity contribution < 1.29 is 16.8 Å². The second-order valence-corrected chi connectivity index (χ2v) is 8.47. The zero-order valence-electron chi connectivity index (χ0n) is 9.83. The van der Waals surface area contributed by atoms with Gasteiger partial charge >= 0.3 is 0 Å². The molecular formula is C11H13NO4S2. The second-order valence-electron chi connectivity index (χ2n) is 4.03. The number of hydrogen-bond acceptors (Lipinski definition) is 5. The van der Waals surface area contributed by atoms with Crippen molar-refractivity contribution >= 4 is 19.7 Å². The summed E-state index contributed by atoms with van der Waals surface area (Å²) in [6.45, 7) is 0. The van der Waals surface area contributed by atoms with Gasteiger partial charge in [-0.05, 0) is 17.7 Å². The van der Waals surface area contributed by atoms with E-state index in [0.717, 1.165) is 6.26 Å². The van der Waals surface area contributed by atoms with Gasteiger partial charge in [0.15, 0.2) is 9.84 Å². The van der Waals surface area contributed by atoms with E-state index >= 15 is 0 Å². The van der Waals surface area contributed by atoms with Crippen LogP contribution in [0.4, 0.5) is 0 Å². The monoisotopic (exact) mass is 287 g/mol. The first-order valence-corrected chi connectivity index (χ1v) is 8.97. The van der Waals surface area contributed by atoms with Gasteiger partial charge in [0, 0.05) is 6.26 Å². The molecule has 0 aliphatic carbocycles. The Balaban J connectivity index is 2.74. The molecule has 0 atom stereocenters. The van der Waals surface area contributed by atoms with Crippen LogP contribution in [0.5, 0.6) is 0 Å². The molecule has 0 fully saturated rings. The molecule has 1 aromatic rings. The molecule has 0 radical (unpaired) electrons. The largest absolute Gasteiger partial charge is 0.229 e. The Bertz CT molecular complexity index is 652. The van der Waals surface area contributed by atoms with Crippen molar-refractivity contribution in [2.45, 2.75) is 5.75 Å². The van der Waals surface area contributed by atoms with Crippen LogP contribution in [0.25, 0.3) is 0 Å². The van der Waals surface area contributed by atoms with Crippen molar-refractivity contribution in [1.82, 2.24) is 0 Å². The van der Waals surface area contributed by atoms with Gasteiger partial charge in [-0.25, -0.2) is 16.8 Å². The predicted octanol–water partition coefficient (Wildman–Crippen LogP) is 0.518. The van der Waals surface area contributed by atoms with Gasteiger partial charge in [0.05, 0.1) is 28.9 Å². The molecule has 0 aliphatic rings. The van der Waals surface area contributed by atoms with E-state index in [9.17, 15) is 16.8 Å². The third-order valence-electron chi connectivity index (χ3n) is 2.23. The smallest absolute Gasteiger partial charge is 0.155 e. The summed E-state index contributed by atoms with van der Waals surface area (Å²) in [7, 11) is -6.73. The zero-order valence-corrected chi connectivity index (χ0v) is 11.5. The SMILES string of the molecule is CS(=O)(=O)CCS(=O)(=O)Cc1ccc(C#N)cc1. The van der Waals surface area contributed by atoms with Crippen molar-refractivity contribution in [1.29, 1.82) is 5.26 Å². The van der Waals surface area contributed by atoms with Crippen LogP contribution in [-0.2, 0) is 25.4 Å². The highest BCUT2D eigenvalue weighted by Crippen LogP contribution is 2.09. The van der Waals surface area contributed by atoms with Gasteiger partial charge in [0.25, 0.3) is 0 Å². The highest BCUT2D eigenvalue weighted by molar-refractivity contribution is 7.94. The number of rotatable bonds is 5. The van der Waals surface area contributed by atoms with Crippen molar-refractivity contribution in [2.24, 2.45) is 0 Å². The van der Waals surface area contributed by atoms with Crippen LogP contribution in [0, 0.1) is 11.3 Å². The van der Waals surface area contributed by atoms with Crippen LogP contribution >= 0.6 is 0 Å². The first-order chi connectivity index (χ1) is 8.22. The molecule has 0 saturated heterocycles. The lowest BCUT2D eigenvalue weighted by Crippen LogP contribution is -2.17. The molecule has 1 rings (SSSR count). The maximum Gasteiger partial charge on any atom is 0.155 e. The Morgan fingerprint density at radius 2 is 1.61 bits per heavy atom. The molecule has 7 heteroatoms. The first kappa shape index (κ1) is 14.7. The first-order valence-electron chi connectivity index (χ1n) is 5.09. The Hall–Kier alpha value is -1.39. The molecule has 0 aromatic heterocycles. The van der Waals surface area contributed by atoms with Crippen molar-refractivity contribution in [3.8, 4) is 6.07 Å². The summed E-state index contributed by atoms with van der Waals surface area (Å²) >= 11 is 0. The molecule has 0 bridgehead atoms. The van der Waals surface area contributed by atoms with Crippen molar-refractivity contribution in [2.75, 3.05) is 17.8 Å². The molecule has 1 aromatic carbocycles. The predicted molar refractivity (Wildman–Crippen MR) is 68.4 cm³/mol. The molecule has 0 heterocycles. The Kier molecular flexibility index (Phi) is 4.48. The average Bonchev–Trinajstić information content (AvgIpc) is 2.26. The van der Waals surface area contributed by atoms with Crippen molar-refractivity contribution in [3.63, 3.8) is 0 Å².